The first-order valence-corrected chi connectivity index (χ1v) is 7.96. The zero-order valence-corrected chi connectivity index (χ0v) is 12.4. The molecule has 0 amide bonds. The number of methoxy groups -OCH3 is 1. The van der Waals surface area contributed by atoms with E-state index < -0.39 is 10.0 Å². The van der Waals surface area contributed by atoms with Crippen LogP contribution in [0.3, 0.4) is 0 Å². The van der Waals surface area contributed by atoms with E-state index in [1.54, 1.807) is 24.3 Å². The minimum Gasteiger partial charge on any atom is -0.481 e. The SMILES string of the molecule is COc1ccc(NS(=O)(=O)Cc2ccc(CN)cc2)cn1. The molecule has 3 N–H and O–H groups in total. The average Bonchev–Trinajstić information content (AvgIpc) is 2.48. The van der Waals surface area contributed by atoms with E-state index in [9.17, 15) is 8.42 Å². The van der Waals surface area contributed by atoms with Crippen molar-refractivity contribution in [2.45, 2.75) is 12.3 Å². The van der Waals surface area contributed by atoms with Gasteiger partial charge in [-0.1, -0.05) is 24.3 Å². The summed E-state index contributed by atoms with van der Waals surface area (Å²) in [6.45, 7) is 0.433. The maximum absolute atomic E-state index is 12.1. The Bertz CT molecular complexity index is 627. The average molecular weight is 307 g/mol. The van der Waals surface area contributed by atoms with Gasteiger partial charge in [0.25, 0.3) is 0 Å². The Hall–Kier alpha value is -2.12. The maximum atomic E-state index is 12.1. The van der Waals surface area contributed by atoms with E-state index >= 15 is 0 Å². The van der Waals surface area contributed by atoms with Crippen molar-refractivity contribution in [1.29, 1.82) is 0 Å². The largest absolute Gasteiger partial charge is 0.481 e. The van der Waals surface area contributed by atoms with E-state index in [4.69, 9.17) is 10.5 Å². The number of hydrogen-bond acceptors (Lipinski definition) is 5. The van der Waals surface area contributed by atoms with Crippen molar-refractivity contribution in [2.24, 2.45) is 5.73 Å². The Balaban J connectivity index is 2.06. The summed E-state index contributed by atoms with van der Waals surface area (Å²) in [6.07, 6.45) is 1.41. The monoisotopic (exact) mass is 307 g/mol. The molecule has 0 saturated carbocycles. The molecule has 0 spiro atoms. The van der Waals surface area contributed by atoms with Gasteiger partial charge in [0.1, 0.15) is 0 Å². The molecule has 0 saturated heterocycles. The van der Waals surface area contributed by atoms with Gasteiger partial charge in [0.15, 0.2) is 0 Å². The Morgan fingerprint density at radius 1 is 1.14 bits per heavy atom. The van der Waals surface area contributed by atoms with Crippen molar-refractivity contribution in [3.63, 3.8) is 0 Å². The van der Waals surface area contributed by atoms with Gasteiger partial charge in [0.2, 0.25) is 15.9 Å². The van der Waals surface area contributed by atoms with Crippen molar-refractivity contribution < 1.29 is 13.2 Å². The summed E-state index contributed by atoms with van der Waals surface area (Å²) in [5, 5.41) is 0. The fourth-order valence-electron chi connectivity index (χ4n) is 1.77. The highest BCUT2D eigenvalue weighted by Crippen LogP contribution is 2.15. The Morgan fingerprint density at radius 2 is 1.81 bits per heavy atom. The second-order valence-corrected chi connectivity index (χ2v) is 6.19. The number of nitrogens with zero attached hydrogens (tertiary/aromatic N) is 1. The lowest BCUT2D eigenvalue weighted by Gasteiger charge is -2.08. The number of pyridine rings is 1. The first-order valence-electron chi connectivity index (χ1n) is 6.31. The third-order valence-electron chi connectivity index (χ3n) is 2.83. The van der Waals surface area contributed by atoms with Crippen LogP contribution in [0.25, 0.3) is 0 Å². The van der Waals surface area contributed by atoms with Gasteiger partial charge in [0.05, 0.1) is 24.7 Å². The molecule has 2 aromatic rings. The lowest BCUT2D eigenvalue weighted by Crippen LogP contribution is -2.15. The molecule has 112 valence electrons. The minimum atomic E-state index is -3.49. The lowest BCUT2D eigenvalue weighted by atomic mass is 10.1. The predicted octanol–water partition coefficient (Wildman–Crippen LogP) is 1.49. The maximum Gasteiger partial charge on any atom is 0.236 e. The number of rotatable bonds is 6. The van der Waals surface area contributed by atoms with E-state index in [2.05, 4.69) is 9.71 Å². The first kappa shape index (κ1) is 15.3. The lowest BCUT2D eigenvalue weighted by molar-refractivity contribution is 0.398. The van der Waals surface area contributed by atoms with Gasteiger partial charge in [-0.25, -0.2) is 13.4 Å². The molecule has 21 heavy (non-hydrogen) atoms. The van der Waals surface area contributed by atoms with E-state index in [1.807, 2.05) is 12.1 Å². The highest BCUT2D eigenvalue weighted by Gasteiger charge is 2.12. The van der Waals surface area contributed by atoms with Gasteiger partial charge >= 0.3 is 0 Å². The fraction of sp³-hybridized carbons (Fsp3) is 0.214. The normalized spacial score (nSPS) is 11.1. The molecule has 0 aliphatic heterocycles. The highest BCUT2D eigenvalue weighted by molar-refractivity contribution is 7.91. The summed E-state index contributed by atoms with van der Waals surface area (Å²) in [6, 6.07) is 10.3. The van der Waals surface area contributed by atoms with Crippen LogP contribution in [0.15, 0.2) is 42.6 Å². The molecule has 2 rings (SSSR count). The molecule has 0 radical (unpaired) electrons. The Morgan fingerprint density at radius 3 is 2.33 bits per heavy atom. The number of benzene rings is 1. The van der Waals surface area contributed by atoms with Crippen molar-refractivity contribution in [3.05, 3.63) is 53.7 Å². The van der Waals surface area contributed by atoms with Crippen LogP contribution in [-0.2, 0) is 22.3 Å². The van der Waals surface area contributed by atoms with E-state index in [0.717, 1.165) is 5.56 Å². The smallest absolute Gasteiger partial charge is 0.236 e. The molecule has 0 atom stereocenters. The Kier molecular flexibility index (Phi) is 4.77. The number of nitrogens with two attached hydrogens (primary N) is 1. The molecule has 1 heterocycles. The molecule has 0 unspecified atom stereocenters. The van der Waals surface area contributed by atoms with Crippen molar-refractivity contribution in [1.82, 2.24) is 4.98 Å². The molecule has 0 fully saturated rings. The quantitative estimate of drug-likeness (QED) is 0.843. The number of hydrogen-bond donors (Lipinski definition) is 2. The first-order chi connectivity index (χ1) is 10.0. The van der Waals surface area contributed by atoms with Crippen LogP contribution in [-0.4, -0.2) is 20.5 Å². The van der Waals surface area contributed by atoms with E-state index in [0.29, 0.717) is 23.7 Å². The van der Waals surface area contributed by atoms with Crippen molar-refractivity contribution in [3.8, 4) is 5.88 Å². The molecule has 1 aromatic heterocycles. The van der Waals surface area contributed by atoms with Crippen molar-refractivity contribution >= 4 is 15.7 Å². The number of ether oxygens (including phenoxy) is 1. The highest BCUT2D eigenvalue weighted by atomic mass is 32.2. The van der Waals surface area contributed by atoms with Crippen LogP contribution in [0.2, 0.25) is 0 Å². The summed E-state index contributed by atoms with van der Waals surface area (Å²) < 4.78 is 31.6. The summed E-state index contributed by atoms with van der Waals surface area (Å²) in [7, 11) is -1.99. The topological polar surface area (TPSA) is 94.3 Å². The molecule has 0 aliphatic carbocycles. The molecule has 1 aromatic carbocycles. The third kappa shape index (κ3) is 4.44. The summed E-state index contributed by atoms with van der Waals surface area (Å²) in [5.74, 6) is 0.319. The molecule has 0 bridgehead atoms. The minimum absolute atomic E-state index is 0.107. The summed E-state index contributed by atoms with van der Waals surface area (Å²) in [4.78, 5) is 3.95. The van der Waals surface area contributed by atoms with E-state index in [1.165, 1.54) is 13.3 Å². The second kappa shape index (κ2) is 6.55. The van der Waals surface area contributed by atoms with Gasteiger partial charge < -0.3 is 10.5 Å². The van der Waals surface area contributed by atoms with Crippen LogP contribution >= 0.6 is 0 Å². The molecule has 0 aliphatic rings. The number of nitrogens with one attached hydrogen (secondary N) is 1. The van der Waals surface area contributed by atoms with E-state index in [-0.39, 0.29) is 5.75 Å². The van der Waals surface area contributed by atoms with Gasteiger partial charge in [-0.05, 0) is 17.2 Å². The molecular formula is C14H17N3O3S. The van der Waals surface area contributed by atoms with Gasteiger partial charge in [-0.3, -0.25) is 4.72 Å². The number of anilines is 1. The van der Waals surface area contributed by atoms with Gasteiger partial charge in [-0.15, -0.1) is 0 Å². The molecular weight excluding hydrogens is 290 g/mol. The third-order valence-corrected chi connectivity index (χ3v) is 4.09. The van der Waals surface area contributed by atoms with Crippen LogP contribution in [0, 0.1) is 0 Å². The van der Waals surface area contributed by atoms with Crippen LogP contribution < -0.4 is 15.2 Å². The number of sulfonamides is 1. The Labute approximate surface area is 124 Å². The zero-order chi connectivity index (χ0) is 15.3. The molecule has 7 heteroatoms. The molecule has 6 nitrogen and oxygen atoms in total. The van der Waals surface area contributed by atoms with Gasteiger partial charge in [-0.2, -0.15) is 0 Å². The second-order valence-electron chi connectivity index (χ2n) is 4.47. The summed E-state index contributed by atoms with van der Waals surface area (Å²) >= 11 is 0. The standard InChI is InChI=1S/C14H17N3O3S/c1-20-14-7-6-13(9-16-14)17-21(18,19)10-12-4-2-11(8-15)3-5-12/h2-7,9,17H,8,10,15H2,1H3. The number of aromatic nitrogens is 1. The van der Waals surface area contributed by atoms with Crippen LogP contribution in [0.1, 0.15) is 11.1 Å². The van der Waals surface area contributed by atoms with Crippen LogP contribution in [0.4, 0.5) is 5.69 Å². The van der Waals surface area contributed by atoms with Crippen molar-refractivity contribution in [2.75, 3.05) is 11.8 Å². The summed E-state index contributed by atoms with van der Waals surface area (Å²) in [5.41, 5.74) is 7.56. The predicted molar refractivity (Wildman–Crippen MR) is 81.4 cm³/mol. The fourth-order valence-corrected chi connectivity index (χ4v) is 2.95. The van der Waals surface area contributed by atoms with Crippen LogP contribution in [0.5, 0.6) is 5.88 Å². The zero-order valence-electron chi connectivity index (χ0n) is 11.6. The van der Waals surface area contributed by atoms with Gasteiger partial charge in [0, 0.05) is 12.6 Å².